The van der Waals surface area contributed by atoms with E-state index in [1.807, 2.05) is 62.1 Å². The molecule has 0 bridgehead atoms. The molecule has 5 nitrogen and oxygen atoms in total. The Labute approximate surface area is 158 Å². The number of carbonyl (C=O) groups excluding carboxylic acids is 1. The number of amides is 1. The van der Waals surface area contributed by atoms with Crippen molar-refractivity contribution in [1.82, 2.24) is 9.78 Å². The van der Waals surface area contributed by atoms with Gasteiger partial charge in [-0.2, -0.15) is 5.10 Å². The van der Waals surface area contributed by atoms with Gasteiger partial charge >= 0.3 is 0 Å². The van der Waals surface area contributed by atoms with Gasteiger partial charge in [-0.25, -0.2) is 4.68 Å². The SMILES string of the molecule is CC(C)Cn1nc(C(=O)N2c3ccccc3CC2C)c2ccccc2c1=O. The first kappa shape index (κ1) is 17.5. The second-order valence-corrected chi connectivity index (χ2v) is 7.63. The molecule has 1 aromatic heterocycles. The van der Waals surface area contributed by atoms with Gasteiger partial charge in [-0.3, -0.25) is 9.59 Å². The molecule has 5 heteroatoms. The van der Waals surface area contributed by atoms with Crippen LogP contribution in [0.25, 0.3) is 10.8 Å². The summed E-state index contributed by atoms with van der Waals surface area (Å²) in [6.07, 6.45) is 0.825. The lowest BCUT2D eigenvalue weighted by Crippen LogP contribution is -2.38. The quantitative estimate of drug-likeness (QED) is 0.716. The number of para-hydroxylation sites is 1. The van der Waals surface area contributed by atoms with Crippen LogP contribution in [0.3, 0.4) is 0 Å². The van der Waals surface area contributed by atoms with Gasteiger partial charge in [-0.1, -0.05) is 50.2 Å². The summed E-state index contributed by atoms with van der Waals surface area (Å²) in [6.45, 7) is 6.59. The minimum atomic E-state index is -0.152. The van der Waals surface area contributed by atoms with E-state index in [1.54, 1.807) is 6.07 Å². The van der Waals surface area contributed by atoms with Crippen molar-refractivity contribution in [2.75, 3.05) is 4.90 Å². The highest BCUT2D eigenvalue weighted by Crippen LogP contribution is 2.33. The first-order valence-corrected chi connectivity index (χ1v) is 9.38. The maximum Gasteiger partial charge on any atom is 0.279 e. The molecule has 138 valence electrons. The Kier molecular flexibility index (Phi) is 4.30. The van der Waals surface area contributed by atoms with Gasteiger partial charge in [0.1, 0.15) is 0 Å². The van der Waals surface area contributed by atoms with E-state index in [9.17, 15) is 9.59 Å². The molecule has 0 saturated heterocycles. The van der Waals surface area contributed by atoms with E-state index >= 15 is 0 Å². The molecule has 0 saturated carbocycles. The first-order valence-electron chi connectivity index (χ1n) is 9.38. The number of fused-ring (bicyclic) bond motifs is 2. The molecule has 2 aromatic carbocycles. The van der Waals surface area contributed by atoms with Crippen molar-refractivity contribution in [2.24, 2.45) is 5.92 Å². The second kappa shape index (κ2) is 6.65. The largest absolute Gasteiger partial charge is 0.304 e. The maximum absolute atomic E-state index is 13.5. The molecule has 0 aliphatic carbocycles. The summed E-state index contributed by atoms with van der Waals surface area (Å²) in [6, 6.07) is 15.3. The topological polar surface area (TPSA) is 55.2 Å². The molecular weight excluding hydrogens is 338 g/mol. The minimum Gasteiger partial charge on any atom is -0.304 e. The predicted molar refractivity (Wildman–Crippen MR) is 107 cm³/mol. The number of hydrogen-bond acceptors (Lipinski definition) is 3. The molecule has 1 atom stereocenters. The Balaban J connectivity index is 1.90. The van der Waals surface area contributed by atoms with E-state index in [0.717, 1.165) is 17.7 Å². The fraction of sp³-hybridized carbons (Fsp3) is 0.318. The van der Waals surface area contributed by atoms with Crippen LogP contribution in [-0.4, -0.2) is 21.7 Å². The minimum absolute atomic E-state index is 0.0564. The van der Waals surface area contributed by atoms with Gasteiger partial charge in [-0.05, 0) is 37.0 Å². The molecular formula is C22H23N3O2. The van der Waals surface area contributed by atoms with E-state index < -0.39 is 0 Å². The Morgan fingerprint density at radius 1 is 1.11 bits per heavy atom. The molecule has 0 radical (unpaired) electrons. The van der Waals surface area contributed by atoms with Crippen LogP contribution in [0.5, 0.6) is 0 Å². The third-order valence-corrected chi connectivity index (χ3v) is 5.03. The summed E-state index contributed by atoms with van der Waals surface area (Å²) in [7, 11) is 0. The van der Waals surface area contributed by atoms with Crippen LogP contribution in [0, 0.1) is 5.92 Å². The Bertz CT molecular complexity index is 1080. The van der Waals surface area contributed by atoms with Gasteiger partial charge in [-0.15, -0.1) is 0 Å². The summed E-state index contributed by atoms with van der Waals surface area (Å²) in [4.78, 5) is 28.1. The molecule has 0 N–H and O–H groups in total. The van der Waals surface area contributed by atoms with Crippen molar-refractivity contribution in [3.63, 3.8) is 0 Å². The van der Waals surface area contributed by atoms with Crippen molar-refractivity contribution in [3.8, 4) is 0 Å². The zero-order chi connectivity index (χ0) is 19.1. The van der Waals surface area contributed by atoms with Gasteiger partial charge in [0.15, 0.2) is 5.69 Å². The van der Waals surface area contributed by atoms with Crippen molar-refractivity contribution in [3.05, 3.63) is 70.1 Å². The highest BCUT2D eigenvalue weighted by molar-refractivity contribution is 6.13. The van der Waals surface area contributed by atoms with Gasteiger partial charge in [0.25, 0.3) is 11.5 Å². The monoisotopic (exact) mass is 361 g/mol. The van der Waals surface area contributed by atoms with Crippen molar-refractivity contribution in [1.29, 1.82) is 0 Å². The number of rotatable bonds is 3. The number of benzene rings is 2. The van der Waals surface area contributed by atoms with E-state index in [4.69, 9.17) is 0 Å². The van der Waals surface area contributed by atoms with Crippen LogP contribution < -0.4 is 10.5 Å². The number of carbonyl (C=O) groups is 1. The smallest absolute Gasteiger partial charge is 0.279 e. The highest BCUT2D eigenvalue weighted by atomic mass is 16.2. The number of nitrogens with zero attached hydrogens (tertiary/aromatic N) is 3. The molecule has 27 heavy (non-hydrogen) atoms. The first-order chi connectivity index (χ1) is 13.0. The lowest BCUT2D eigenvalue weighted by molar-refractivity contribution is 0.0976. The zero-order valence-electron chi connectivity index (χ0n) is 15.8. The average Bonchev–Trinajstić information content (AvgIpc) is 2.99. The van der Waals surface area contributed by atoms with Crippen LogP contribution in [0.15, 0.2) is 53.3 Å². The molecule has 0 spiro atoms. The number of aromatic nitrogens is 2. The molecule has 0 fully saturated rings. The lowest BCUT2D eigenvalue weighted by Gasteiger charge is -2.23. The third kappa shape index (κ3) is 2.93. The van der Waals surface area contributed by atoms with Gasteiger partial charge in [0.2, 0.25) is 0 Å². The summed E-state index contributed by atoms with van der Waals surface area (Å²) in [5, 5.41) is 5.66. The molecule has 1 amide bonds. The fourth-order valence-electron chi connectivity index (χ4n) is 3.85. The predicted octanol–water partition coefficient (Wildman–Crippen LogP) is 3.64. The van der Waals surface area contributed by atoms with Crippen LogP contribution in [0.1, 0.15) is 36.8 Å². The van der Waals surface area contributed by atoms with Crippen LogP contribution in [0.4, 0.5) is 5.69 Å². The summed E-state index contributed by atoms with van der Waals surface area (Å²) < 4.78 is 1.44. The molecule has 1 unspecified atom stereocenters. The number of hydrogen-bond donors (Lipinski definition) is 0. The van der Waals surface area contributed by atoms with Gasteiger partial charge in [0, 0.05) is 23.7 Å². The fourth-order valence-corrected chi connectivity index (χ4v) is 3.85. The Morgan fingerprint density at radius 3 is 2.52 bits per heavy atom. The third-order valence-electron chi connectivity index (χ3n) is 5.03. The summed E-state index contributed by atoms with van der Waals surface area (Å²) >= 11 is 0. The van der Waals surface area contributed by atoms with Crippen molar-refractivity contribution in [2.45, 2.75) is 39.8 Å². The molecule has 4 rings (SSSR count). The van der Waals surface area contributed by atoms with Crippen LogP contribution in [0.2, 0.25) is 0 Å². The van der Waals surface area contributed by atoms with Crippen LogP contribution >= 0.6 is 0 Å². The van der Waals surface area contributed by atoms with E-state index in [0.29, 0.717) is 23.0 Å². The normalized spacial score (nSPS) is 16.1. The standard InChI is InChI=1S/C22H23N3O2/c1-14(2)13-24-21(26)18-10-6-5-9-17(18)20(23-24)22(27)25-15(3)12-16-8-4-7-11-19(16)25/h4-11,14-15H,12-13H2,1-3H3. The van der Waals surface area contributed by atoms with Crippen molar-refractivity contribution < 1.29 is 4.79 Å². The molecule has 1 aliphatic rings. The van der Waals surface area contributed by atoms with Crippen LogP contribution in [-0.2, 0) is 13.0 Å². The molecule has 3 aromatic rings. The Morgan fingerprint density at radius 2 is 1.78 bits per heavy atom. The van der Waals surface area contributed by atoms with Gasteiger partial charge < -0.3 is 4.90 Å². The number of anilines is 1. The molecule has 1 aliphatic heterocycles. The zero-order valence-corrected chi connectivity index (χ0v) is 15.8. The average molecular weight is 361 g/mol. The molecule has 2 heterocycles. The van der Waals surface area contributed by atoms with E-state index in [2.05, 4.69) is 11.2 Å². The summed E-state index contributed by atoms with van der Waals surface area (Å²) in [5.41, 5.74) is 2.29. The summed E-state index contributed by atoms with van der Waals surface area (Å²) in [5.74, 6) is 0.104. The van der Waals surface area contributed by atoms with Crippen molar-refractivity contribution >= 4 is 22.4 Å². The second-order valence-electron chi connectivity index (χ2n) is 7.63. The Hall–Kier alpha value is -2.95. The van der Waals surface area contributed by atoms with Gasteiger partial charge in [0.05, 0.1) is 5.39 Å². The maximum atomic E-state index is 13.5. The highest BCUT2D eigenvalue weighted by Gasteiger charge is 2.33. The van der Waals surface area contributed by atoms with E-state index in [1.165, 1.54) is 4.68 Å². The van der Waals surface area contributed by atoms with E-state index in [-0.39, 0.29) is 23.4 Å². The lowest BCUT2D eigenvalue weighted by atomic mass is 10.1.